The zero-order valence-electron chi connectivity index (χ0n) is 14.0. The van der Waals surface area contributed by atoms with E-state index in [2.05, 4.69) is 13.5 Å². The zero-order chi connectivity index (χ0) is 16.3. The van der Waals surface area contributed by atoms with Crippen molar-refractivity contribution in [2.45, 2.75) is 78.2 Å². The third kappa shape index (κ3) is 12.2. The summed E-state index contributed by atoms with van der Waals surface area (Å²) in [4.78, 5) is 23.2. The van der Waals surface area contributed by atoms with Crippen molar-refractivity contribution in [1.82, 2.24) is 0 Å². The first-order valence-corrected chi connectivity index (χ1v) is 7.83. The molecule has 0 bridgehead atoms. The Kier molecular flexibility index (Phi) is 9.76. The molecule has 122 valence electrons. The molecular weight excluding hydrogens is 268 g/mol. The largest absolute Gasteiger partial charge is 0.462 e. The fourth-order valence-corrected chi connectivity index (χ4v) is 1.77. The molecule has 0 aliphatic carbocycles. The average Bonchev–Trinajstić information content (AvgIpc) is 2.34. The monoisotopic (exact) mass is 298 g/mol. The Labute approximate surface area is 128 Å². The summed E-state index contributed by atoms with van der Waals surface area (Å²) in [5.74, 6) is -0.960. The molecule has 0 spiro atoms. The number of unbranched alkanes of at least 4 members (excludes halogenated alkanes) is 5. The topological polar surface area (TPSA) is 52.6 Å². The molecule has 0 aromatic rings. The van der Waals surface area contributed by atoms with Crippen LogP contribution in [0.4, 0.5) is 0 Å². The molecule has 0 aliphatic heterocycles. The van der Waals surface area contributed by atoms with E-state index in [1.807, 2.05) is 0 Å². The lowest BCUT2D eigenvalue weighted by Gasteiger charge is -2.19. The van der Waals surface area contributed by atoms with Crippen LogP contribution in [0.25, 0.3) is 0 Å². The van der Waals surface area contributed by atoms with E-state index in [0.29, 0.717) is 6.61 Å². The molecule has 0 rings (SSSR count). The second-order valence-corrected chi connectivity index (χ2v) is 6.27. The fourth-order valence-electron chi connectivity index (χ4n) is 1.77. The molecule has 0 aromatic heterocycles. The number of carbonyl (C=O) groups excluding carboxylic acids is 2. The minimum atomic E-state index is -0.556. The predicted octanol–water partition coefficient (Wildman–Crippen LogP) is 4.18. The van der Waals surface area contributed by atoms with Crippen LogP contribution in [0.2, 0.25) is 0 Å². The van der Waals surface area contributed by atoms with E-state index in [4.69, 9.17) is 9.47 Å². The molecule has 0 aliphatic rings. The van der Waals surface area contributed by atoms with Gasteiger partial charge in [0.2, 0.25) is 0 Å². The van der Waals surface area contributed by atoms with Gasteiger partial charge in [-0.05, 0) is 27.2 Å². The number of esters is 2. The van der Waals surface area contributed by atoms with E-state index in [9.17, 15) is 9.59 Å². The second kappa shape index (κ2) is 10.4. The van der Waals surface area contributed by atoms with Crippen LogP contribution in [-0.2, 0) is 19.1 Å². The maximum Gasteiger partial charge on any atom is 0.333 e. The molecule has 4 nitrogen and oxygen atoms in total. The summed E-state index contributed by atoms with van der Waals surface area (Å²) >= 11 is 0. The van der Waals surface area contributed by atoms with E-state index in [1.54, 1.807) is 20.8 Å². The van der Waals surface area contributed by atoms with Gasteiger partial charge >= 0.3 is 11.9 Å². The molecule has 0 fully saturated rings. The molecule has 4 heteroatoms. The van der Waals surface area contributed by atoms with Gasteiger partial charge in [-0.25, -0.2) is 4.79 Å². The first-order chi connectivity index (χ1) is 9.76. The normalized spacial score (nSPS) is 11.0. The summed E-state index contributed by atoms with van der Waals surface area (Å²) in [5.41, 5.74) is -0.407. The molecule has 0 atom stereocenters. The number of hydrogen-bond donors (Lipinski definition) is 0. The summed E-state index contributed by atoms with van der Waals surface area (Å²) in [7, 11) is 0. The Balaban J connectivity index is 3.76. The van der Waals surface area contributed by atoms with Crippen molar-refractivity contribution in [2.24, 2.45) is 0 Å². The van der Waals surface area contributed by atoms with Crippen LogP contribution in [0.5, 0.6) is 0 Å². The van der Waals surface area contributed by atoms with Gasteiger partial charge in [0.1, 0.15) is 5.60 Å². The van der Waals surface area contributed by atoms with Crippen LogP contribution in [0.1, 0.15) is 72.6 Å². The molecule has 0 N–H and O–H groups in total. The van der Waals surface area contributed by atoms with Crippen LogP contribution in [0, 0.1) is 0 Å². The number of rotatable bonds is 10. The van der Waals surface area contributed by atoms with Gasteiger partial charge in [0, 0.05) is 5.57 Å². The maximum absolute atomic E-state index is 11.6. The van der Waals surface area contributed by atoms with Gasteiger partial charge < -0.3 is 9.47 Å². The predicted molar refractivity (Wildman–Crippen MR) is 83.9 cm³/mol. The van der Waals surface area contributed by atoms with Crippen LogP contribution >= 0.6 is 0 Å². The molecule has 0 heterocycles. The van der Waals surface area contributed by atoms with Crippen LogP contribution in [0.3, 0.4) is 0 Å². The van der Waals surface area contributed by atoms with Gasteiger partial charge in [-0.1, -0.05) is 45.6 Å². The van der Waals surface area contributed by atoms with Gasteiger partial charge in [0.15, 0.2) is 0 Å². The van der Waals surface area contributed by atoms with E-state index in [-0.39, 0.29) is 12.0 Å². The summed E-state index contributed by atoms with van der Waals surface area (Å²) in [6.07, 6.45) is 6.68. The van der Waals surface area contributed by atoms with Crippen molar-refractivity contribution in [3.63, 3.8) is 0 Å². The van der Waals surface area contributed by atoms with Crippen LogP contribution < -0.4 is 0 Å². The summed E-state index contributed by atoms with van der Waals surface area (Å²) in [6.45, 7) is 11.5. The Bertz CT molecular complexity index is 339. The average molecular weight is 298 g/mol. The Morgan fingerprint density at radius 2 is 1.57 bits per heavy atom. The van der Waals surface area contributed by atoms with Crippen LogP contribution in [0.15, 0.2) is 12.2 Å². The fraction of sp³-hybridized carbons (Fsp3) is 0.765. The lowest BCUT2D eigenvalue weighted by atomic mass is 10.1. The van der Waals surface area contributed by atoms with Gasteiger partial charge in [0.25, 0.3) is 0 Å². The molecule has 0 amide bonds. The van der Waals surface area contributed by atoms with E-state index in [0.717, 1.165) is 12.8 Å². The molecule has 0 saturated heterocycles. The van der Waals surface area contributed by atoms with Gasteiger partial charge in [-0.3, -0.25) is 4.79 Å². The number of hydrogen-bond acceptors (Lipinski definition) is 4. The third-order valence-electron chi connectivity index (χ3n) is 2.80. The summed E-state index contributed by atoms with van der Waals surface area (Å²) < 4.78 is 10.2. The second-order valence-electron chi connectivity index (χ2n) is 6.27. The van der Waals surface area contributed by atoms with Crippen molar-refractivity contribution in [3.05, 3.63) is 12.2 Å². The Morgan fingerprint density at radius 1 is 1.00 bits per heavy atom. The molecule has 21 heavy (non-hydrogen) atoms. The van der Waals surface area contributed by atoms with Crippen molar-refractivity contribution in [3.8, 4) is 0 Å². The Morgan fingerprint density at radius 3 is 2.14 bits per heavy atom. The maximum atomic E-state index is 11.6. The molecule has 0 radical (unpaired) electrons. The lowest BCUT2D eigenvalue weighted by molar-refractivity contribution is -0.155. The molecule has 0 aromatic carbocycles. The van der Waals surface area contributed by atoms with Crippen LogP contribution in [-0.4, -0.2) is 24.1 Å². The lowest BCUT2D eigenvalue weighted by Crippen LogP contribution is -2.25. The van der Waals surface area contributed by atoms with Crippen molar-refractivity contribution >= 4 is 11.9 Å². The highest BCUT2D eigenvalue weighted by molar-refractivity contribution is 5.93. The van der Waals surface area contributed by atoms with Gasteiger partial charge in [-0.2, -0.15) is 0 Å². The number of ether oxygens (including phenoxy) is 2. The van der Waals surface area contributed by atoms with Crippen molar-refractivity contribution < 1.29 is 19.1 Å². The van der Waals surface area contributed by atoms with Gasteiger partial charge in [-0.15, -0.1) is 0 Å². The van der Waals surface area contributed by atoms with Crippen molar-refractivity contribution in [1.29, 1.82) is 0 Å². The quantitative estimate of drug-likeness (QED) is 0.345. The minimum Gasteiger partial charge on any atom is -0.462 e. The van der Waals surface area contributed by atoms with E-state index in [1.165, 1.54) is 25.7 Å². The highest BCUT2D eigenvalue weighted by Gasteiger charge is 2.19. The van der Waals surface area contributed by atoms with Gasteiger partial charge in [0.05, 0.1) is 13.0 Å². The highest BCUT2D eigenvalue weighted by Crippen LogP contribution is 2.12. The summed E-state index contributed by atoms with van der Waals surface area (Å²) in [6, 6.07) is 0. The summed E-state index contributed by atoms with van der Waals surface area (Å²) in [5, 5.41) is 0. The van der Waals surface area contributed by atoms with Crippen molar-refractivity contribution in [2.75, 3.05) is 6.61 Å². The number of carbonyl (C=O) groups is 2. The first-order valence-electron chi connectivity index (χ1n) is 7.83. The zero-order valence-corrected chi connectivity index (χ0v) is 14.0. The smallest absolute Gasteiger partial charge is 0.333 e. The van der Waals surface area contributed by atoms with E-state index < -0.39 is 17.5 Å². The molecular formula is C17H30O4. The SMILES string of the molecule is C=C(CC(=O)OC(C)(C)C)C(=O)OCCCCCCCC. The first kappa shape index (κ1) is 19.7. The van der Waals surface area contributed by atoms with E-state index >= 15 is 0 Å². The molecule has 0 saturated carbocycles. The standard InChI is InChI=1S/C17H30O4/c1-6-7-8-9-10-11-12-20-16(19)14(2)13-15(18)21-17(3,4)5/h2,6-13H2,1,3-5H3. The molecule has 0 unspecified atom stereocenters. The minimum absolute atomic E-state index is 0.118. The highest BCUT2D eigenvalue weighted by atomic mass is 16.6. The third-order valence-corrected chi connectivity index (χ3v) is 2.80. The Hall–Kier alpha value is -1.32.